The molecule has 1 aliphatic rings. The predicted molar refractivity (Wildman–Crippen MR) is 163 cm³/mol. The number of aromatic nitrogens is 2. The van der Waals surface area contributed by atoms with Crippen LogP contribution in [0, 0.1) is 6.92 Å². The van der Waals surface area contributed by atoms with E-state index in [9.17, 15) is 14.4 Å². The van der Waals surface area contributed by atoms with Crippen LogP contribution in [-0.2, 0) is 4.74 Å². The van der Waals surface area contributed by atoms with Gasteiger partial charge in [-0.25, -0.2) is 19.7 Å². The molecule has 0 aliphatic carbocycles. The van der Waals surface area contributed by atoms with Crippen LogP contribution in [0.2, 0.25) is 0 Å². The van der Waals surface area contributed by atoms with E-state index in [2.05, 4.69) is 20.6 Å². The Bertz CT molecular complexity index is 1790. The minimum absolute atomic E-state index is 0.0903. The fourth-order valence-corrected chi connectivity index (χ4v) is 4.82. The van der Waals surface area contributed by atoms with E-state index in [0.717, 1.165) is 33.0 Å². The number of anilines is 3. The van der Waals surface area contributed by atoms with Gasteiger partial charge in [-0.3, -0.25) is 9.59 Å². The van der Waals surface area contributed by atoms with Crippen molar-refractivity contribution in [1.82, 2.24) is 14.9 Å². The van der Waals surface area contributed by atoms with Crippen molar-refractivity contribution in [2.75, 3.05) is 17.2 Å². The largest absolute Gasteiger partial charge is 0.446 e. The van der Waals surface area contributed by atoms with E-state index < -0.39 is 18.0 Å². The van der Waals surface area contributed by atoms with Crippen LogP contribution in [0.25, 0.3) is 11.3 Å². The average molecular weight is 570 g/mol. The molecule has 0 saturated carbocycles. The molecule has 212 valence electrons. The molecule has 5 aromatic rings. The van der Waals surface area contributed by atoms with Crippen LogP contribution in [0.3, 0.4) is 0 Å². The average Bonchev–Trinajstić information content (AvgIpc) is 3.44. The standard InChI is InChI=1S/C34H27N5O4/c1-22-12-17-27(20-29(22)38-33-35-19-18-28(37-33)23-8-4-2-5-9-23)36-31(40)25-13-15-26(16-14-25)32(41)39-30(21-43-34(39)42)24-10-6-3-7-11-24/h2-20,30H,21H2,1H3,(H,36,40)(H,35,37,38). The zero-order valence-electron chi connectivity index (χ0n) is 23.2. The molecule has 1 fully saturated rings. The number of carbonyl (C=O) groups is 3. The molecule has 9 heteroatoms. The van der Waals surface area contributed by atoms with E-state index in [1.165, 1.54) is 12.1 Å². The molecule has 1 atom stereocenters. The first-order chi connectivity index (χ1) is 21.0. The maximum Gasteiger partial charge on any atom is 0.417 e. The summed E-state index contributed by atoms with van der Waals surface area (Å²) in [6.07, 6.45) is 1.00. The highest BCUT2D eigenvalue weighted by Crippen LogP contribution is 2.30. The van der Waals surface area contributed by atoms with Crippen molar-refractivity contribution in [1.29, 1.82) is 0 Å². The highest BCUT2D eigenvalue weighted by molar-refractivity contribution is 6.07. The van der Waals surface area contributed by atoms with Gasteiger partial charge in [0.05, 0.1) is 5.69 Å². The van der Waals surface area contributed by atoms with Gasteiger partial charge in [-0.05, 0) is 60.5 Å². The molecule has 1 saturated heterocycles. The molecule has 2 N–H and O–H groups in total. The van der Waals surface area contributed by atoms with Gasteiger partial charge in [0, 0.05) is 34.3 Å². The van der Waals surface area contributed by atoms with E-state index in [0.29, 0.717) is 17.2 Å². The van der Waals surface area contributed by atoms with Gasteiger partial charge in [0.2, 0.25) is 5.95 Å². The van der Waals surface area contributed by atoms with Gasteiger partial charge in [-0.1, -0.05) is 66.7 Å². The Balaban J connectivity index is 1.14. The third-order valence-electron chi connectivity index (χ3n) is 7.14. The van der Waals surface area contributed by atoms with Crippen LogP contribution in [0.4, 0.5) is 22.1 Å². The van der Waals surface area contributed by atoms with Crippen LogP contribution in [0.1, 0.15) is 37.9 Å². The van der Waals surface area contributed by atoms with Gasteiger partial charge in [0.15, 0.2) is 0 Å². The summed E-state index contributed by atoms with van der Waals surface area (Å²) in [5, 5.41) is 6.15. The molecule has 0 spiro atoms. The van der Waals surface area contributed by atoms with E-state index >= 15 is 0 Å². The molecular formula is C34H27N5O4. The minimum Gasteiger partial charge on any atom is -0.446 e. The second kappa shape index (κ2) is 12.0. The molecule has 0 bridgehead atoms. The number of ether oxygens (including phenoxy) is 1. The summed E-state index contributed by atoms with van der Waals surface area (Å²) in [5.74, 6) is -0.403. The molecule has 4 aromatic carbocycles. The van der Waals surface area contributed by atoms with Crippen LogP contribution < -0.4 is 10.6 Å². The molecule has 6 rings (SSSR count). The Morgan fingerprint density at radius 1 is 0.860 bits per heavy atom. The van der Waals surface area contributed by atoms with Gasteiger partial charge in [0.25, 0.3) is 11.8 Å². The quantitative estimate of drug-likeness (QED) is 0.222. The summed E-state index contributed by atoms with van der Waals surface area (Å²) in [6, 6.07) is 32.1. The topological polar surface area (TPSA) is 114 Å². The van der Waals surface area contributed by atoms with Crippen molar-refractivity contribution in [3.05, 3.63) is 138 Å². The van der Waals surface area contributed by atoms with Crippen molar-refractivity contribution < 1.29 is 19.1 Å². The number of rotatable bonds is 7. The monoisotopic (exact) mass is 569 g/mol. The fraction of sp³-hybridized carbons (Fsp3) is 0.0882. The van der Waals surface area contributed by atoms with Crippen molar-refractivity contribution >= 4 is 35.2 Å². The van der Waals surface area contributed by atoms with E-state index in [-0.39, 0.29) is 18.1 Å². The van der Waals surface area contributed by atoms with E-state index in [1.807, 2.05) is 85.8 Å². The number of nitrogens with one attached hydrogen (secondary N) is 2. The number of hydrogen-bond acceptors (Lipinski definition) is 7. The third kappa shape index (κ3) is 5.96. The third-order valence-corrected chi connectivity index (χ3v) is 7.14. The van der Waals surface area contributed by atoms with E-state index in [4.69, 9.17) is 4.74 Å². The molecule has 1 unspecified atom stereocenters. The Kier molecular flexibility index (Phi) is 7.60. The smallest absolute Gasteiger partial charge is 0.417 e. The molecule has 43 heavy (non-hydrogen) atoms. The highest BCUT2D eigenvalue weighted by Gasteiger charge is 2.39. The number of aryl methyl sites for hydroxylation is 1. The Labute approximate surface area is 248 Å². The first kappa shape index (κ1) is 27.3. The maximum absolute atomic E-state index is 13.2. The second-order valence-corrected chi connectivity index (χ2v) is 10.00. The van der Waals surface area contributed by atoms with Crippen molar-refractivity contribution in [3.63, 3.8) is 0 Å². The number of amides is 3. The van der Waals surface area contributed by atoms with Crippen molar-refractivity contribution in [3.8, 4) is 11.3 Å². The van der Waals surface area contributed by atoms with Crippen molar-refractivity contribution in [2.24, 2.45) is 0 Å². The minimum atomic E-state index is -0.693. The van der Waals surface area contributed by atoms with Gasteiger partial charge < -0.3 is 15.4 Å². The summed E-state index contributed by atoms with van der Waals surface area (Å²) in [5.41, 5.74) is 5.47. The van der Waals surface area contributed by atoms with Crippen LogP contribution in [-0.4, -0.2) is 39.4 Å². The Morgan fingerprint density at radius 3 is 2.30 bits per heavy atom. The summed E-state index contributed by atoms with van der Waals surface area (Å²) in [4.78, 5) is 48.8. The maximum atomic E-state index is 13.2. The first-order valence-electron chi connectivity index (χ1n) is 13.7. The van der Waals surface area contributed by atoms with Crippen LogP contribution in [0.5, 0.6) is 0 Å². The molecule has 1 aromatic heterocycles. The summed E-state index contributed by atoms with van der Waals surface area (Å²) in [7, 11) is 0. The number of imide groups is 1. The van der Waals surface area contributed by atoms with Gasteiger partial charge >= 0.3 is 6.09 Å². The van der Waals surface area contributed by atoms with Crippen molar-refractivity contribution in [2.45, 2.75) is 13.0 Å². The molecule has 1 aliphatic heterocycles. The molecule has 9 nitrogen and oxygen atoms in total. The summed E-state index contributed by atoms with van der Waals surface area (Å²) in [6.45, 7) is 2.04. The zero-order valence-corrected chi connectivity index (χ0v) is 23.2. The predicted octanol–water partition coefficient (Wildman–Crippen LogP) is 6.78. The molecular weight excluding hydrogens is 542 g/mol. The van der Waals surface area contributed by atoms with E-state index in [1.54, 1.807) is 24.4 Å². The fourth-order valence-electron chi connectivity index (χ4n) is 4.82. The lowest BCUT2D eigenvalue weighted by molar-refractivity contribution is 0.0773. The molecule has 3 amide bonds. The van der Waals surface area contributed by atoms with Gasteiger partial charge in [-0.2, -0.15) is 0 Å². The number of carbonyl (C=O) groups excluding carboxylic acids is 3. The molecule has 0 radical (unpaired) electrons. The normalized spacial score (nSPS) is 14.2. The second-order valence-electron chi connectivity index (χ2n) is 10.00. The van der Waals surface area contributed by atoms with Gasteiger partial charge in [0.1, 0.15) is 12.6 Å². The number of benzene rings is 4. The van der Waals surface area contributed by atoms with Crippen LogP contribution in [0.15, 0.2) is 115 Å². The summed E-state index contributed by atoms with van der Waals surface area (Å²) >= 11 is 0. The molecule has 2 heterocycles. The lowest BCUT2D eigenvalue weighted by Gasteiger charge is -2.20. The lowest BCUT2D eigenvalue weighted by Crippen LogP contribution is -2.34. The zero-order chi connectivity index (χ0) is 29.8. The Hall–Kier alpha value is -5.83. The van der Waals surface area contributed by atoms with Gasteiger partial charge in [-0.15, -0.1) is 0 Å². The van der Waals surface area contributed by atoms with Crippen LogP contribution >= 0.6 is 0 Å². The number of cyclic esters (lactones) is 1. The first-order valence-corrected chi connectivity index (χ1v) is 13.7. The lowest BCUT2D eigenvalue weighted by atomic mass is 10.1. The summed E-state index contributed by atoms with van der Waals surface area (Å²) < 4.78 is 5.17. The Morgan fingerprint density at radius 2 is 1.56 bits per heavy atom. The number of hydrogen-bond donors (Lipinski definition) is 2. The highest BCUT2D eigenvalue weighted by atomic mass is 16.6. The SMILES string of the molecule is Cc1ccc(NC(=O)c2ccc(C(=O)N3C(=O)OCC3c3ccccc3)cc2)cc1Nc1nccc(-c2ccccc2)n1. The number of nitrogens with zero attached hydrogens (tertiary/aromatic N) is 3.